The van der Waals surface area contributed by atoms with E-state index >= 15 is 0 Å². The molecule has 1 atom stereocenters. The molecular formula is C13H19BrN2O. The third-order valence-electron chi connectivity index (χ3n) is 2.40. The molecule has 0 aliphatic rings. The van der Waals surface area contributed by atoms with Gasteiger partial charge in [0.25, 0.3) is 5.91 Å². The zero-order valence-electron chi connectivity index (χ0n) is 10.5. The van der Waals surface area contributed by atoms with Crippen LogP contribution in [0.5, 0.6) is 0 Å². The molecule has 1 rings (SSSR count). The summed E-state index contributed by atoms with van der Waals surface area (Å²) >= 11 is 3.42. The van der Waals surface area contributed by atoms with E-state index in [0.29, 0.717) is 11.6 Å². The first-order valence-corrected chi connectivity index (χ1v) is 6.95. The van der Waals surface area contributed by atoms with E-state index in [-0.39, 0.29) is 11.9 Å². The van der Waals surface area contributed by atoms with Crippen molar-refractivity contribution in [2.75, 3.05) is 5.33 Å². The number of aryl methyl sites for hydroxylation is 1. The monoisotopic (exact) mass is 298 g/mol. The average molecular weight is 299 g/mol. The molecule has 1 aromatic heterocycles. The Kier molecular flexibility index (Phi) is 5.62. The summed E-state index contributed by atoms with van der Waals surface area (Å²) in [4.78, 5) is 16.2. The number of pyridine rings is 1. The fraction of sp³-hybridized carbons (Fsp3) is 0.538. The van der Waals surface area contributed by atoms with Gasteiger partial charge in [0.15, 0.2) is 0 Å². The van der Waals surface area contributed by atoms with Gasteiger partial charge in [0.1, 0.15) is 5.69 Å². The zero-order chi connectivity index (χ0) is 12.8. The Morgan fingerprint density at radius 1 is 1.47 bits per heavy atom. The zero-order valence-corrected chi connectivity index (χ0v) is 12.1. The predicted molar refractivity (Wildman–Crippen MR) is 73.5 cm³/mol. The van der Waals surface area contributed by atoms with Crippen molar-refractivity contribution in [3.05, 3.63) is 29.6 Å². The number of carbonyl (C=O) groups is 1. The standard InChI is InChI=1S/C13H19BrN2O/c1-9(2)7-11(8-14)16-13(17)12-6-4-5-10(3)15-12/h4-6,9,11H,7-8H2,1-3H3,(H,16,17). The largest absolute Gasteiger partial charge is 0.347 e. The molecule has 0 spiro atoms. The van der Waals surface area contributed by atoms with Crippen molar-refractivity contribution in [1.82, 2.24) is 10.3 Å². The quantitative estimate of drug-likeness (QED) is 0.849. The molecule has 4 heteroatoms. The van der Waals surface area contributed by atoms with Gasteiger partial charge in [-0.15, -0.1) is 0 Å². The number of alkyl halides is 1. The van der Waals surface area contributed by atoms with Gasteiger partial charge in [-0.3, -0.25) is 4.79 Å². The number of nitrogens with one attached hydrogen (secondary N) is 1. The molecule has 1 amide bonds. The molecule has 3 nitrogen and oxygen atoms in total. The highest BCUT2D eigenvalue weighted by Crippen LogP contribution is 2.08. The van der Waals surface area contributed by atoms with Crippen LogP contribution in [0.3, 0.4) is 0 Å². The van der Waals surface area contributed by atoms with E-state index in [0.717, 1.165) is 17.4 Å². The van der Waals surface area contributed by atoms with Gasteiger partial charge in [0, 0.05) is 17.1 Å². The van der Waals surface area contributed by atoms with E-state index in [1.807, 2.05) is 19.1 Å². The highest BCUT2D eigenvalue weighted by atomic mass is 79.9. The van der Waals surface area contributed by atoms with E-state index in [9.17, 15) is 4.79 Å². The summed E-state index contributed by atoms with van der Waals surface area (Å²) in [6.07, 6.45) is 0.961. The van der Waals surface area contributed by atoms with Gasteiger partial charge in [-0.05, 0) is 31.4 Å². The second kappa shape index (κ2) is 6.74. The summed E-state index contributed by atoms with van der Waals surface area (Å²) in [6.45, 7) is 6.17. The van der Waals surface area contributed by atoms with Crippen LogP contribution < -0.4 is 5.32 Å². The van der Waals surface area contributed by atoms with Crippen LogP contribution in [0.2, 0.25) is 0 Å². The molecule has 94 valence electrons. The Balaban J connectivity index is 2.64. The number of aromatic nitrogens is 1. The number of carbonyl (C=O) groups excluding carboxylic acids is 1. The smallest absolute Gasteiger partial charge is 0.270 e. The van der Waals surface area contributed by atoms with Gasteiger partial charge in [-0.1, -0.05) is 35.8 Å². The molecule has 0 aliphatic heterocycles. The van der Waals surface area contributed by atoms with Gasteiger partial charge < -0.3 is 5.32 Å². The van der Waals surface area contributed by atoms with E-state index in [2.05, 4.69) is 40.1 Å². The molecule has 1 heterocycles. The maximum Gasteiger partial charge on any atom is 0.270 e. The van der Waals surface area contributed by atoms with Crippen LogP contribution in [0.25, 0.3) is 0 Å². The highest BCUT2D eigenvalue weighted by Gasteiger charge is 2.14. The Bertz CT molecular complexity index is 379. The fourth-order valence-electron chi connectivity index (χ4n) is 1.66. The van der Waals surface area contributed by atoms with Crippen LogP contribution in [-0.4, -0.2) is 22.3 Å². The van der Waals surface area contributed by atoms with Crippen molar-refractivity contribution in [3.63, 3.8) is 0 Å². The summed E-state index contributed by atoms with van der Waals surface area (Å²) in [7, 11) is 0. The maximum absolute atomic E-state index is 12.0. The van der Waals surface area contributed by atoms with E-state index < -0.39 is 0 Å². The van der Waals surface area contributed by atoms with Crippen LogP contribution in [0.15, 0.2) is 18.2 Å². The van der Waals surface area contributed by atoms with Crippen LogP contribution in [-0.2, 0) is 0 Å². The molecule has 1 unspecified atom stereocenters. The Morgan fingerprint density at radius 2 is 2.18 bits per heavy atom. The second-order valence-electron chi connectivity index (χ2n) is 4.62. The number of hydrogen-bond acceptors (Lipinski definition) is 2. The van der Waals surface area contributed by atoms with E-state index in [1.165, 1.54) is 0 Å². The van der Waals surface area contributed by atoms with Crippen LogP contribution >= 0.6 is 15.9 Å². The summed E-state index contributed by atoms with van der Waals surface area (Å²) in [5.74, 6) is 0.460. The lowest BCUT2D eigenvalue weighted by atomic mass is 10.1. The first-order chi connectivity index (χ1) is 8.02. The lowest BCUT2D eigenvalue weighted by Crippen LogP contribution is -2.37. The van der Waals surface area contributed by atoms with Gasteiger partial charge in [0.05, 0.1) is 0 Å². The van der Waals surface area contributed by atoms with Crippen molar-refractivity contribution >= 4 is 21.8 Å². The van der Waals surface area contributed by atoms with Crippen molar-refractivity contribution in [2.45, 2.75) is 33.2 Å². The molecule has 1 aromatic rings. The summed E-state index contributed by atoms with van der Waals surface area (Å²) in [5, 5.41) is 3.76. The number of halogens is 1. The van der Waals surface area contributed by atoms with Crippen molar-refractivity contribution < 1.29 is 4.79 Å². The van der Waals surface area contributed by atoms with Gasteiger partial charge >= 0.3 is 0 Å². The average Bonchev–Trinajstić information content (AvgIpc) is 2.27. The predicted octanol–water partition coefficient (Wildman–Crippen LogP) is 2.93. The molecule has 0 bridgehead atoms. The van der Waals surface area contributed by atoms with E-state index in [4.69, 9.17) is 0 Å². The molecule has 0 fully saturated rings. The molecule has 0 saturated carbocycles. The fourth-order valence-corrected chi connectivity index (χ4v) is 2.08. The van der Waals surface area contributed by atoms with Crippen molar-refractivity contribution in [2.24, 2.45) is 5.92 Å². The number of amides is 1. The number of hydrogen-bond donors (Lipinski definition) is 1. The molecule has 0 aliphatic carbocycles. The third kappa shape index (κ3) is 4.86. The molecule has 0 saturated heterocycles. The maximum atomic E-state index is 12.0. The van der Waals surface area contributed by atoms with Crippen LogP contribution in [0.4, 0.5) is 0 Å². The normalized spacial score (nSPS) is 12.5. The minimum absolute atomic E-state index is 0.0983. The van der Waals surface area contributed by atoms with E-state index in [1.54, 1.807) is 6.07 Å². The molecular weight excluding hydrogens is 280 g/mol. The molecule has 1 N–H and O–H groups in total. The van der Waals surface area contributed by atoms with Crippen LogP contribution in [0.1, 0.15) is 36.5 Å². The van der Waals surface area contributed by atoms with Crippen molar-refractivity contribution in [1.29, 1.82) is 0 Å². The number of nitrogens with zero attached hydrogens (tertiary/aromatic N) is 1. The van der Waals surface area contributed by atoms with Gasteiger partial charge in [-0.2, -0.15) is 0 Å². The van der Waals surface area contributed by atoms with Crippen LogP contribution in [0, 0.1) is 12.8 Å². The lowest BCUT2D eigenvalue weighted by Gasteiger charge is -2.18. The number of rotatable bonds is 5. The van der Waals surface area contributed by atoms with Crippen molar-refractivity contribution in [3.8, 4) is 0 Å². The third-order valence-corrected chi connectivity index (χ3v) is 3.18. The first kappa shape index (κ1) is 14.2. The Labute approximate surface area is 111 Å². The summed E-state index contributed by atoms with van der Waals surface area (Å²) < 4.78 is 0. The highest BCUT2D eigenvalue weighted by molar-refractivity contribution is 9.09. The minimum Gasteiger partial charge on any atom is -0.347 e. The minimum atomic E-state index is -0.0983. The summed E-state index contributed by atoms with van der Waals surface area (Å²) in [5.41, 5.74) is 1.34. The molecule has 0 radical (unpaired) electrons. The topological polar surface area (TPSA) is 42.0 Å². The Morgan fingerprint density at radius 3 is 2.71 bits per heavy atom. The lowest BCUT2D eigenvalue weighted by molar-refractivity contribution is 0.0932. The Hall–Kier alpha value is -0.900. The van der Waals surface area contributed by atoms with Gasteiger partial charge in [-0.25, -0.2) is 4.98 Å². The SMILES string of the molecule is Cc1cccc(C(=O)NC(CBr)CC(C)C)n1. The molecule has 0 aromatic carbocycles. The summed E-state index contributed by atoms with van der Waals surface area (Å²) in [6, 6.07) is 5.63. The molecule has 17 heavy (non-hydrogen) atoms. The van der Waals surface area contributed by atoms with Gasteiger partial charge in [0.2, 0.25) is 0 Å². The second-order valence-corrected chi connectivity index (χ2v) is 5.27. The first-order valence-electron chi connectivity index (χ1n) is 5.83.